The first-order valence-electron chi connectivity index (χ1n) is 5.26. The number of rotatable bonds is 3. The van der Waals surface area contributed by atoms with Crippen LogP contribution in [-0.2, 0) is 4.79 Å². The Morgan fingerprint density at radius 2 is 1.92 bits per heavy atom. The van der Waals surface area contributed by atoms with Crippen molar-refractivity contribution in [1.82, 2.24) is 4.90 Å². The molecule has 0 aromatic rings. The van der Waals surface area contributed by atoms with E-state index in [0.29, 0.717) is 12.3 Å². The highest BCUT2D eigenvalue weighted by Crippen LogP contribution is 2.36. The van der Waals surface area contributed by atoms with Gasteiger partial charge in [0, 0.05) is 25.0 Å². The number of likely N-dealkylation sites (tertiary alicyclic amines) is 1. The Bertz CT molecular complexity index is 205. The standard InChI is InChI=1S/C10H18N2O/c11-10(5-6-10)4-3-9(13)12-7-1-2-8-12/h1-8,11H2. The molecule has 2 N–H and O–H groups in total. The minimum absolute atomic E-state index is 0.0371. The summed E-state index contributed by atoms with van der Waals surface area (Å²) in [5.74, 6) is 0.314. The number of nitrogens with two attached hydrogens (primary N) is 1. The Morgan fingerprint density at radius 3 is 2.46 bits per heavy atom. The van der Waals surface area contributed by atoms with Crippen LogP contribution in [0.2, 0.25) is 0 Å². The molecule has 13 heavy (non-hydrogen) atoms. The van der Waals surface area contributed by atoms with Crippen molar-refractivity contribution in [3.05, 3.63) is 0 Å². The molecule has 2 fully saturated rings. The van der Waals surface area contributed by atoms with Crippen LogP contribution in [0.25, 0.3) is 0 Å². The fourth-order valence-corrected chi connectivity index (χ4v) is 1.89. The van der Waals surface area contributed by atoms with Crippen LogP contribution >= 0.6 is 0 Å². The summed E-state index contributed by atoms with van der Waals surface area (Å²) in [7, 11) is 0. The molecule has 2 aliphatic rings. The Morgan fingerprint density at radius 1 is 1.31 bits per heavy atom. The van der Waals surface area contributed by atoms with Gasteiger partial charge in [0.2, 0.25) is 5.91 Å². The topological polar surface area (TPSA) is 46.3 Å². The van der Waals surface area contributed by atoms with Gasteiger partial charge in [-0.3, -0.25) is 4.79 Å². The van der Waals surface area contributed by atoms with Gasteiger partial charge in [0.15, 0.2) is 0 Å². The fraction of sp³-hybridized carbons (Fsp3) is 0.900. The average Bonchev–Trinajstić information content (AvgIpc) is 2.69. The van der Waals surface area contributed by atoms with Crippen molar-refractivity contribution in [2.24, 2.45) is 5.73 Å². The fourth-order valence-electron chi connectivity index (χ4n) is 1.89. The van der Waals surface area contributed by atoms with Gasteiger partial charge < -0.3 is 10.6 Å². The van der Waals surface area contributed by atoms with Gasteiger partial charge in [0.1, 0.15) is 0 Å². The van der Waals surface area contributed by atoms with E-state index in [1.807, 2.05) is 4.90 Å². The summed E-state index contributed by atoms with van der Waals surface area (Å²) in [5, 5.41) is 0. The lowest BCUT2D eigenvalue weighted by Crippen LogP contribution is -2.30. The van der Waals surface area contributed by atoms with Crippen molar-refractivity contribution in [3.63, 3.8) is 0 Å². The predicted molar refractivity (Wildman–Crippen MR) is 51.2 cm³/mol. The molecule has 0 bridgehead atoms. The Kier molecular flexibility index (Phi) is 2.28. The van der Waals surface area contributed by atoms with Crippen LogP contribution in [0.1, 0.15) is 38.5 Å². The van der Waals surface area contributed by atoms with Gasteiger partial charge in [0.25, 0.3) is 0 Å². The molecule has 74 valence electrons. The number of hydrogen-bond donors (Lipinski definition) is 1. The Hall–Kier alpha value is -0.570. The average molecular weight is 182 g/mol. The first-order chi connectivity index (χ1) is 6.20. The lowest BCUT2D eigenvalue weighted by Gasteiger charge is -2.16. The molecule has 1 saturated carbocycles. The zero-order valence-electron chi connectivity index (χ0n) is 8.09. The first kappa shape index (κ1) is 9.00. The summed E-state index contributed by atoms with van der Waals surface area (Å²) in [6.45, 7) is 1.94. The van der Waals surface area contributed by atoms with Crippen LogP contribution in [0.5, 0.6) is 0 Å². The summed E-state index contributed by atoms with van der Waals surface area (Å²) < 4.78 is 0. The highest BCUT2D eigenvalue weighted by Gasteiger charge is 2.38. The molecule has 1 aliphatic heterocycles. The summed E-state index contributed by atoms with van der Waals surface area (Å²) in [6.07, 6.45) is 6.14. The smallest absolute Gasteiger partial charge is 0.222 e. The van der Waals surface area contributed by atoms with E-state index in [-0.39, 0.29) is 5.54 Å². The number of nitrogens with zero attached hydrogens (tertiary/aromatic N) is 1. The summed E-state index contributed by atoms with van der Waals surface area (Å²) >= 11 is 0. The molecule has 3 nitrogen and oxygen atoms in total. The SMILES string of the molecule is NC1(CCC(=O)N2CCCC2)CC1. The van der Waals surface area contributed by atoms with Gasteiger partial charge in [-0.05, 0) is 32.1 Å². The number of amides is 1. The van der Waals surface area contributed by atoms with E-state index in [1.165, 1.54) is 12.8 Å². The van der Waals surface area contributed by atoms with Crippen molar-refractivity contribution < 1.29 is 4.79 Å². The lowest BCUT2D eigenvalue weighted by atomic mass is 10.1. The predicted octanol–water partition coefficient (Wildman–Crippen LogP) is 0.880. The molecule has 0 radical (unpaired) electrons. The van der Waals surface area contributed by atoms with Crippen LogP contribution < -0.4 is 5.73 Å². The third-order valence-corrected chi connectivity index (χ3v) is 3.19. The quantitative estimate of drug-likeness (QED) is 0.704. The van der Waals surface area contributed by atoms with Crippen molar-refractivity contribution in [2.75, 3.05) is 13.1 Å². The van der Waals surface area contributed by atoms with E-state index < -0.39 is 0 Å². The highest BCUT2D eigenvalue weighted by molar-refractivity contribution is 5.76. The van der Waals surface area contributed by atoms with Crippen LogP contribution in [0.3, 0.4) is 0 Å². The van der Waals surface area contributed by atoms with Crippen molar-refractivity contribution >= 4 is 5.91 Å². The molecular formula is C10H18N2O. The van der Waals surface area contributed by atoms with Crippen LogP contribution in [0.15, 0.2) is 0 Å². The number of hydrogen-bond acceptors (Lipinski definition) is 2. The third kappa shape index (κ3) is 2.21. The molecule has 1 heterocycles. The van der Waals surface area contributed by atoms with E-state index in [9.17, 15) is 4.79 Å². The maximum Gasteiger partial charge on any atom is 0.222 e. The maximum absolute atomic E-state index is 11.6. The summed E-state index contributed by atoms with van der Waals surface area (Å²) in [4.78, 5) is 13.6. The van der Waals surface area contributed by atoms with Gasteiger partial charge in [-0.1, -0.05) is 0 Å². The Labute approximate surface area is 79.3 Å². The van der Waals surface area contributed by atoms with Gasteiger partial charge >= 0.3 is 0 Å². The minimum Gasteiger partial charge on any atom is -0.343 e. The molecule has 0 aromatic heterocycles. The second-order valence-electron chi connectivity index (χ2n) is 4.45. The number of carbonyl (C=O) groups excluding carboxylic acids is 1. The van der Waals surface area contributed by atoms with Gasteiger partial charge in [-0.25, -0.2) is 0 Å². The molecule has 1 saturated heterocycles. The van der Waals surface area contributed by atoms with Crippen molar-refractivity contribution in [3.8, 4) is 0 Å². The molecular weight excluding hydrogens is 164 g/mol. The Balaban J connectivity index is 1.71. The first-order valence-corrected chi connectivity index (χ1v) is 5.26. The van der Waals surface area contributed by atoms with Gasteiger partial charge in [-0.15, -0.1) is 0 Å². The summed E-state index contributed by atoms with van der Waals surface area (Å²) in [6, 6.07) is 0. The van der Waals surface area contributed by atoms with Crippen molar-refractivity contribution in [1.29, 1.82) is 0 Å². The second-order valence-corrected chi connectivity index (χ2v) is 4.45. The van der Waals surface area contributed by atoms with Gasteiger partial charge in [-0.2, -0.15) is 0 Å². The van der Waals surface area contributed by atoms with E-state index in [4.69, 9.17) is 5.73 Å². The molecule has 1 aliphatic carbocycles. The molecule has 0 unspecified atom stereocenters. The monoisotopic (exact) mass is 182 g/mol. The van der Waals surface area contributed by atoms with Crippen LogP contribution in [0, 0.1) is 0 Å². The van der Waals surface area contributed by atoms with Crippen molar-refractivity contribution in [2.45, 2.75) is 44.1 Å². The molecule has 0 aromatic carbocycles. The zero-order chi connectivity index (χ0) is 9.31. The minimum atomic E-state index is 0.0371. The zero-order valence-corrected chi connectivity index (χ0v) is 8.09. The van der Waals surface area contributed by atoms with Crippen LogP contribution in [0.4, 0.5) is 0 Å². The largest absolute Gasteiger partial charge is 0.343 e. The lowest BCUT2D eigenvalue weighted by molar-refractivity contribution is -0.130. The second kappa shape index (κ2) is 3.29. The number of carbonyl (C=O) groups is 1. The van der Waals surface area contributed by atoms with E-state index in [1.54, 1.807) is 0 Å². The van der Waals surface area contributed by atoms with Crippen LogP contribution in [-0.4, -0.2) is 29.4 Å². The third-order valence-electron chi connectivity index (χ3n) is 3.19. The molecule has 3 heteroatoms. The molecule has 1 amide bonds. The van der Waals surface area contributed by atoms with E-state index >= 15 is 0 Å². The van der Waals surface area contributed by atoms with E-state index in [0.717, 1.165) is 32.4 Å². The maximum atomic E-state index is 11.6. The summed E-state index contributed by atoms with van der Waals surface area (Å²) in [5.41, 5.74) is 5.96. The van der Waals surface area contributed by atoms with E-state index in [2.05, 4.69) is 0 Å². The molecule has 0 atom stereocenters. The normalized spacial score (nSPS) is 24.8. The van der Waals surface area contributed by atoms with Gasteiger partial charge in [0.05, 0.1) is 0 Å². The molecule has 0 spiro atoms. The molecule has 2 rings (SSSR count). The highest BCUT2D eigenvalue weighted by atomic mass is 16.2.